The minimum atomic E-state index is 0.237. The Bertz CT molecular complexity index is 268. The Morgan fingerprint density at radius 2 is 2.31 bits per heavy atom. The van der Waals surface area contributed by atoms with E-state index in [1.165, 1.54) is 5.56 Å². The lowest BCUT2D eigenvalue weighted by Crippen LogP contribution is -2.34. The number of morpholine rings is 1. The Morgan fingerprint density at radius 1 is 1.46 bits per heavy atom. The maximum absolute atomic E-state index is 5.61. The minimum absolute atomic E-state index is 0.237. The predicted molar refractivity (Wildman–Crippen MR) is 49.7 cm³/mol. The molecule has 1 aromatic heterocycles. The van der Waals surface area contributed by atoms with E-state index >= 15 is 0 Å². The van der Waals surface area contributed by atoms with Gasteiger partial charge in [0, 0.05) is 6.54 Å². The highest BCUT2D eigenvalue weighted by Gasteiger charge is 2.18. The van der Waals surface area contributed by atoms with Gasteiger partial charge >= 0.3 is 0 Å². The van der Waals surface area contributed by atoms with Crippen LogP contribution in [-0.2, 0) is 4.74 Å². The van der Waals surface area contributed by atoms with Crippen molar-refractivity contribution in [3.05, 3.63) is 23.2 Å². The van der Waals surface area contributed by atoms with Gasteiger partial charge in [0.25, 0.3) is 0 Å². The first-order valence-electron chi connectivity index (χ1n) is 4.65. The van der Waals surface area contributed by atoms with Crippen molar-refractivity contribution in [2.24, 2.45) is 0 Å². The number of furan rings is 1. The van der Waals surface area contributed by atoms with Crippen LogP contribution in [0.15, 0.2) is 10.5 Å². The maximum Gasteiger partial charge on any atom is 0.123 e. The molecule has 3 heteroatoms. The van der Waals surface area contributed by atoms with Crippen LogP contribution in [0.5, 0.6) is 0 Å². The van der Waals surface area contributed by atoms with E-state index in [9.17, 15) is 0 Å². The van der Waals surface area contributed by atoms with Crippen LogP contribution in [-0.4, -0.2) is 19.8 Å². The third-order valence-electron chi connectivity index (χ3n) is 2.45. The second kappa shape index (κ2) is 3.52. The molecule has 0 aliphatic carbocycles. The number of ether oxygens (including phenoxy) is 1. The molecule has 1 atom stereocenters. The van der Waals surface area contributed by atoms with Crippen LogP contribution >= 0.6 is 0 Å². The molecule has 13 heavy (non-hydrogen) atoms. The molecule has 1 aromatic rings. The van der Waals surface area contributed by atoms with E-state index < -0.39 is 0 Å². The van der Waals surface area contributed by atoms with Gasteiger partial charge in [-0.15, -0.1) is 0 Å². The molecule has 1 fully saturated rings. The van der Waals surface area contributed by atoms with Crippen molar-refractivity contribution >= 4 is 0 Å². The molecule has 2 heterocycles. The van der Waals surface area contributed by atoms with Gasteiger partial charge < -0.3 is 14.5 Å². The molecule has 1 aliphatic rings. The van der Waals surface area contributed by atoms with Crippen molar-refractivity contribution in [2.75, 3.05) is 19.8 Å². The molecule has 72 valence electrons. The van der Waals surface area contributed by atoms with Crippen LogP contribution in [0.1, 0.15) is 23.1 Å². The first-order valence-corrected chi connectivity index (χ1v) is 4.65. The molecule has 3 nitrogen and oxygen atoms in total. The van der Waals surface area contributed by atoms with Crippen LogP contribution in [0, 0.1) is 13.8 Å². The third-order valence-corrected chi connectivity index (χ3v) is 2.45. The molecule has 1 aliphatic heterocycles. The number of hydrogen-bond donors (Lipinski definition) is 1. The standard InChI is InChI=1S/C10H15NO2/c1-7-5-10(13-8(7)2)9-6-12-4-3-11-9/h5,9,11H,3-4,6H2,1-2H3/t9-/m0/s1. The highest BCUT2D eigenvalue weighted by Crippen LogP contribution is 2.21. The lowest BCUT2D eigenvalue weighted by Gasteiger charge is -2.21. The highest BCUT2D eigenvalue weighted by atomic mass is 16.5. The number of rotatable bonds is 1. The SMILES string of the molecule is Cc1cc([C@@H]2COCCN2)oc1C. The van der Waals surface area contributed by atoms with Crippen molar-refractivity contribution in [1.82, 2.24) is 5.32 Å². The number of aryl methyl sites for hydroxylation is 2. The smallest absolute Gasteiger partial charge is 0.123 e. The molecule has 0 radical (unpaired) electrons. The maximum atomic E-state index is 5.61. The van der Waals surface area contributed by atoms with Gasteiger partial charge in [0.2, 0.25) is 0 Å². The van der Waals surface area contributed by atoms with Gasteiger partial charge in [-0.05, 0) is 25.5 Å². The monoisotopic (exact) mass is 181 g/mol. The highest BCUT2D eigenvalue weighted by molar-refractivity contribution is 5.21. The van der Waals surface area contributed by atoms with Gasteiger partial charge in [-0.25, -0.2) is 0 Å². The fourth-order valence-electron chi connectivity index (χ4n) is 1.52. The summed E-state index contributed by atoms with van der Waals surface area (Å²) in [5.74, 6) is 2.00. The van der Waals surface area contributed by atoms with Crippen molar-refractivity contribution in [1.29, 1.82) is 0 Å². The van der Waals surface area contributed by atoms with Gasteiger partial charge in [0.1, 0.15) is 11.5 Å². The topological polar surface area (TPSA) is 34.4 Å². The lowest BCUT2D eigenvalue weighted by atomic mass is 10.2. The Labute approximate surface area is 78.1 Å². The fourth-order valence-corrected chi connectivity index (χ4v) is 1.52. The summed E-state index contributed by atoms with van der Waals surface area (Å²) < 4.78 is 11.0. The molecular formula is C10H15NO2. The average Bonchev–Trinajstić information content (AvgIpc) is 2.49. The molecule has 0 unspecified atom stereocenters. The van der Waals surface area contributed by atoms with Gasteiger partial charge in [0.15, 0.2) is 0 Å². The molecule has 1 N–H and O–H groups in total. The van der Waals surface area contributed by atoms with Gasteiger partial charge in [-0.3, -0.25) is 0 Å². The molecule has 2 rings (SSSR count). The zero-order valence-corrected chi connectivity index (χ0v) is 8.09. The summed E-state index contributed by atoms with van der Waals surface area (Å²) in [5.41, 5.74) is 1.21. The van der Waals surface area contributed by atoms with Crippen LogP contribution in [0.4, 0.5) is 0 Å². The van der Waals surface area contributed by atoms with E-state index in [0.717, 1.165) is 24.7 Å². The summed E-state index contributed by atoms with van der Waals surface area (Å²) in [5, 5.41) is 3.36. The third kappa shape index (κ3) is 1.76. The van der Waals surface area contributed by atoms with Crippen LogP contribution in [0.25, 0.3) is 0 Å². The van der Waals surface area contributed by atoms with E-state index in [1.54, 1.807) is 0 Å². The molecule has 0 amide bonds. The Kier molecular flexibility index (Phi) is 2.38. The second-order valence-corrected chi connectivity index (χ2v) is 3.47. The first kappa shape index (κ1) is 8.78. The van der Waals surface area contributed by atoms with E-state index in [2.05, 4.69) is 18.3 Å². The van der Waals surface area contributed by atoms with Crippen molar-refractivity contribution in [2.45, 2.75) is 19.9 Å². The molecule has 0 spiro atoms. The summed E-state index contributed by atoms with van der Waals surface area (Å²) in [6.45, 7) is 6.47. The molecular weight excluding hydrogens is 166 g/mol. The van der Waals surface area contributed by atoms with Gasteiger partial charge in [0.05, 0.1) is 19.3 Å². The summed E-state index contributed by atoms with van der Waals surface area (Å²) in [6.07, 6.45) is 0. The van der Waals surface area contributed by atoms with Crippen LogP contribution < -0.4 is 5.32 Å². The predicted octanol–water partition coefficient (Wildman–Crippen LogP) is 1.56. The molecule has 0 aromatic carbocycles. The first-order chi connectivity index (χ1) is 6.27. The zero-order valence-electron chi connectivity index (χ0n) is 8.09. The minimum Gasteiger partial charge on any atom is -0.464 e. The van der Waals surface area contributed by atoms with E-state index in [4.69, 9.17) is 9.15 Å². The fraction of sp³-hybridized carbons (Fsp3) is 0.600. The summed E-state index contributed by atoms with van der Waals surface area (Å²) >= 11 is 0. The zero-order chi connectivity index (χ0) is 9.26. The normalized spacial score (nSPS) is 23.4. The quantitative estimate of drug-likeness (QED) is 0.714. The van der Waals surface area contributed by atoms with Crippen molar-refractivity contribution in [3.8, 4) is 0 Å². The van der Waals surface area contributed by atoms with Crippen LogP contribution in [0.2, 0.25) is 0 Å². The van der Waals surface area contributed by atoms with Gasteiger partial charge in [-0.1, -0.05) is 0 Å². The van der Waals surface area contributed by atoms with Crippen LogP contribution in [0.3, 0.4) is 0 Å². The van der Waals surface area contributed by atoms with Crippen molar-refractivity contribution in [3.63, 3.8) is 0 Å². The number of hydrogen-bond acceptors (Lipinski definition) is 3. The largest absolute Gasteiger partial charge is 0.464 e. The lowest BCUT2D eigenvalue weighted by molar-refractivity contribution is 0.0696. The second-order valence-electron chi connectivity index (χ2n) is 3.47. The molecule has 0 saturated carbocycles. The van der Waals surface area contributed by atoms with E-state index in [1.807, 2.05) is 6.92 Å². The molecule has 0 bridgehead atoms. The summed E-state index contributed by atoms with van der Waals surface area (Å²) in [7, 11) is 0. The molecule has 1 saturated heterocycles. The Morgan fingerprint density at radius 3 is 2.85 bits per heavy atom. The van der Waals surface area contributed by atoms with Crippen molar-refractivity contribution < 1.29 is 9.15 Å². The Hall–Kier alpha value is -0.800. The summed E-state index contributed by atoms with van der Waals surface area (Å²) in [6, 6.07) is 2.32. The van der Waals surface area contributed by atoms with E-state index in [0.29, 0.717) is 6.61 Å². The van der Waals surface area contributed by atoms with Gasteiger partial charge in [-0.2, -0.15) is 0 Å². The Balaban J connectivity index is 2.14. The average molecular weight is 181 g/mol. The van der Waals surface area contributed by atoms with E-state index in [-0.39, 0.29) is 6.04 Å². The number of nitrogens with one attached hydrogen (secondary N) is 1. The summed E-state index contributed by atoms with van der Waals surface area (Å²) in [4.78, 5) is 0.